The Morgan fingerprint density at radius 2 is 0.894 bits per heavy atom. The molecule has 1 aromatic heterocycles. The number of guanidine groups is 2. The highest BCUT2D eigenvalue weighted by Crippen LogP contribution is 2.43. The van der Waals surface area contributed by atoms with Gasteiger partial charge in [-0.25, -0.2) is 9.97 Å². The van der Waals surface area contributed by atoms with Gasteiger partial charge in [0.1, 0.15) is 17.7 Å². The molecule has 2 aromatic carbocycles. The van der Waals surface area contributed by atoms with E-state index >= 15 is 0 Å². The number of thioether (sulfide) groups is 2. The summed E-state index contributed by atoms with van der Waals surface area (Å²) in [6.07, 6.45) is -9.60. The highest BCUT2D eigenvalue weighted by Gasteiger charge is 2.35. The molecule has 3 rings (SSSR count). The Labute approximate surface area is 379 Å². The third-order valence-corrected chi connectivity index (χ3v) is 10.6. The molecular weight excluding hydrogens is 931 g/mol. The fraction of sp³-hybridized carbons (Fsp3) is 0.368. The number of nitrogens with two attached hydrogens (primary N) is 4. The van der Waals surface area contributed by atoms with Crippen molar-refractivity contribution < 1.29 is 65.3 Å². The van der Waals surface area contributed by atoms with Gasteiger partial charge in [-0.15, -0.1) is 23.5 Å². The van der Waals surface area contributed by atoms with Gasteiger partial charge in [0.05, 0.1) is 56.5 Å². The first-order valence-corrected chi connectivity index (χ1v) is 21.3. The number of nitrogens with zero attached hydrogens (tertiary/aromatic N) is 4. The molecule has 0 aliphatic heterocycles. The van der Waals surface area contributed by atoms with Crippen LogP contribution in [0, 0.1) is 0 Å². The van der Waals surface area contributed by atoms with Crippen LogP contribution in [-0.4, -0.2) is 92.3 Å². The summed E-state index contributed by atoms with van der Waals surface area (Å²) in [5.74, 6) is -7.31. The molecule has 4 amide bonds. The normalized spacial score (nSPS) is 11.2. The fourth-order valence-corrected chi connectivity index (χ4v) is 7.39. The lowest BCUT2D eigenvalue weighted by Crippen LogP contribution is -2.23. The molecule has 0 atom stereocenters. The van der Waals surface area contributed by atoms with Gasteiger partial charge in [0.25, 0.3) is 11.8 Å². The highest BCUT2D eigenvalue weighted by atomic mass is 32.2. The van der Waals surface area contributed by atoms with E-state index in [9.17, 15) is 65.3 Å². The van der Waals surface area contributed by atoms with Crippen molar-refractivity contribution in [2.45, 2.75) is 73.5 Å². The summed E-state index contributed by atoms with van der Waals surface area (Å²) in [5.41, 5.74) is 15.2. The molecule has 0 aliphatic carbocycles. The Bertz CT molecular complexity index is 2170. The Balaban J connectivity index is 2.01. The number of anilines is 4. The number of hydrogen-bond acceptors (Lipinski definition) is 12. The maximum atomic E-state index is 14.2. The summed E-state index contributed by atoms with van der Waals surface area (Å²) < 4.78 is 85.1. The van der Waals surface area contributed by atoms with Crippen LogP contribution in [0.15, 0.2) is 56.4 Å². The first kappa shape index (κ1) is 53.5. The zero-order chi connectivity index (χ0) is 49.2. The number of carboxylic acid groups (broad SMARTS) is 2. The predicted molar refractivity (Wildman–Crippen MR) is 233 cm³/mol. The van der Waals surface area contributed by atoms with Crippen molar-refractivity contribution in [1.82, 2.24) is 9.97 Å². The quantitative estimate of drug-likeness (QED) is 0.0187. The molecule has 0 fully saturated rings. The number of carboxylic acids is 2. The van der Waals surface area contributed by atoms with E-state index in [1.807, 2.05) is 0 Å². The van der Waals surface area contributed by atoms with Crippen LogP contribution in [0.2, 0.25) is 0 Å². The van der Waals surface area contributed by atoms with Crippen LogP contribution in [0.25, 0.3) is 0 Å². The van der Waals surface area contributed by atoms with Crippen LogP contribution >= 0.6 is 23.5 Å². The molecule has 20 nitrogen and oxygen atoms in total. The monoisotopic (exact) mass is 974 g/mol. The van der Waals surface area contributed by atoms with Crippen molar-refractivity contribution >= 4 is 93.8 Å². The lowest BCUT2D eigenvalue weighted by atomic mass is 10.1. The summed E-state index contributed by atoms with van der Waals surface area (Å²) in [4.78, 5) is 90.4. The van der Waals surface area contributed by atoms with E-state index < -0.39 is 106 Å². The van der Waals surface area contributed by atoms with Crippen LogP contribution in [0.1, 0.15) is 83.5 Å². The molecule has 0 aliphatic rings. The molecule has 0 bridgehead atoms. The average molecular weight is 975 g/mol. The Morgan fingerprint density at radius 3 is 1.21 bits per heavy atom. The van der Waals surface area contributed by atoms with E-state index in [2.05, 4.69) is 41.2 Å². The molecule has 3 aromatic rings. The Morgan fingerprint density at radius 1 is 0.545 bits per heavy atom. The molecule has 14 N–H and O–H groups in total. The Hall–Kier alpha value is -6.84. The zero-order valence-electron chi connectivity index (χ0n) is 34.5. The van der Waals surface area contributed by atoms with Gasteiger partial charge in [-0.3, -0.25) is 38.8 Å². The lowest BCUT2D eigenvalue weighted by molar-refractivity contribution is -0.138. The van der Waals surface area contributed by atoms with Crippen molar-refractivity contribution in [1.29, 1.82) is 0 Å². The Kier molecular flexibility index (Phi) is 20.3. The number of aliphatic carboxylic acids is 2. The van der Waals surface area contributed by atoms with Gasteiger partial charge >= 0.3 is 24.3 Å². The largest absolute Gasteiger partial charge is 0.481 e. The van der Waals surface area contributed by atoms with E-state index in [0.29, 0.717) is 67.0 Å². The van der Waals surface area contributed by atoms with Crippen molar-refractivity contribution in [2.75, 3.05) is 45.9 Å². The number of aliphatic imine (C=N–C) groups is 2. The number of hydrogen-bond donors (Lipinski definition) is 10. The third-order valence-electron chi connectivity index (χ3n) is 8.35. The summed E-state index contributed by atoms with van der Waals surface area (Å²) in [6.45, 7) is 0.341. The second kappa shape index (κ2) is 25.0. The molecule has 358 valence electrons. The second-order valence-electron chi connectivity index (χ2n) is 13.6. The second-order valence-corrected chi connectivity index (χ2v) is 15.8. The molecule has 0 radical (unpaired) electrons. The number of rotatable bonds is 24. The predicted octanol–water partition coefficient (Wildman–Crippen LogP) is 4.92. The van der Waals surface area contributed by atoms with E-state index in [4.69, 9.17) is 22.9 Å². The minimum Gasteiger partial charge on any atom is -0.481 e. The number of aromatic nitrogens is 2. The first-order valence-electron chi connectivity index (χ1n) is 19.3. The fourth-order valence-electron chi connectivity index (χ4n) is 5.36. The maximum Gasteiger partial charge on any atom is 0.416 e. The number of halogens is 6. The topological polar surface area (TPSA) is 346 Å². The van der Waals surface area contributed by atoms with E-state index in [1.54, 1.807) is 0 Å². The molecule has 0 saturated heterocycles. The number of carbonyl (C=O) groups is 6. The summed E-state index contributed by atoms with van der Waals surface area (Å²) in [6, 6.07) is 3.01. The number of nitrogens with one attached hydrogen (secondary N) is 4. The van der Waals surface area contributed by atoms with Gasteiger partial charge in [-0.05, 0) is 49.9 Å². The van der Waals surface area contributed by atoms with Crippen LogP contribution in [-0.2, 0) is 31.5 Å². The molecule has 28 heteroatoms. The van der Waals surface area contributed by atoms with Gasteiger partial charge in [-0.2, -0.15) is 26.3 Å². The first-order chi connectivity index (χ1) is 30.9. The number of unbranched alkanes of at least 4 members (excludes halogenated alkanes) is 2. The van der Waals surface area contributed by atoms with Gasteiger partial charge in [0.2, 0.25) is 11.8 Å². The highest BCUT2D eigenvalue weighted by molar-refractivity contribution is 7.99. The number of alkyl halides is 6. The summed E-state index contributed by atoms with van der Waals surface area (Å²) in [7, 11) is 0. The molecule has 1 heterocycles. The van der Waals surface area contributed by atoms with Crippen LogP contribution in [0.4, 0.5) is 49.1 Å². The van der Waals surface area contributed by atoms with Crippen LogP contribution < -0.4 is 44.2 Å². The SMILES string of the molecule is NC(N)=NCCCCC(=O)Nc1cc(C(F)(F)F)cc(NC(=O)c2cc(C(=O)Nc3cc(C(F)(F)F)cc(NC(=O)CCCCN=C(N)N)c3SCCC(=O)O)ncn2)c1SCCC(=O)O. The molecule has 66 heavy (non-hydrogen) atoms. The van der Waals surface area contributed by atoms with Gasteiger partial charge in [0, 0.05) is 43.5 Å². The molecule has 0 unspecified atom stereocenters. The van der Waals surface area contributed by atoms with Crippen molar-refractivity contribution in [3.05, 3.63) is 59.2 Å². The van der Waals surface area contributed by atoms with Gasteiger partial charge in [0.15, 0.2) is 11.9 Å². The zero-order valence-corrected chi connectivity index (χ0v) is 36.1. The summed E-state index contributed by atoms with van der Waals surface area (Å²) >= 11 is 1.39. The summed E-state index contributed by atoms with van der Waals surface area (Å²) in [5, 5.41) is 27.7. The smallest absolute Gasteiger partial charge is 0.416 e. The van der Waals surface area contributed by atoms with E-state index in [0.717, 1.165) is 6.07 Å². The van der Waals surface area contributed by atoms with Crippen molar-refractivity contribution in [3.63, 3.8) is 0 Å². The van der Waals surface area contributed by atoms with Crippen molar-refractivity contribution in [2.24, 2.45) is 32.9 Å². The molecule has 0 spiro atoms. The number of amides is 4. The van der Waals surface area contributed by atoms with E-state index in [-0.39, 0.29) is 72.0 Å². The molecule has 0 saturated carbocycles. The number of carbonyl (C=O) groups excluding carboxylic acids is 4. The van der Waals surface area contributed by atoms with E-state index in [1.165, 1.54) is 0 Å². The van der Waals surface area contributed by atoms with Crippen LogP contribution in [0.3, 0.4) is 0 Å². The van der Waals surface area contributed by atoms with Gasteiger partial charge < -0.3 is 54.4 Å². The minimum atomic E-state index is -5.03. The van der Waals surface area contributed by atoms with Gasteiger partial charge in [-0.1, -0.05) is 0 Å². The molecular formula is C38H44F6N12O8S2. The lowest BCUT2D eigenvalue weighted by Gasteiger charge is -2.19. The number of benzene rings is 2. The van der Waals surface area contributed by atoms with Crippen LogP contribution in [0.5, 0.6) is 0 Å². The average Bonchev–Trinajstić information content (AvgIpc) is 3.20. The standard InChI is InChI=1S/C38H44F6N12O8S2/c39-37(40,41)19-13-21(53-27(57)5-1-3-9-49-35(45)46)31(65-11-7-29(59)60)23(15-19)55-33(63)25-17-26(52-18-51-25)34(64)56-24-16-20(38(42,43)44)14-22(32(24)66-12-8-30(61)62)54-28(58)6-2-4-10-50-36(47)48/h13-18H,1-12H2,(H,53,57)(H,54,58)(H,55,63)(H,56,64)(H,59,60)(H,61,62)(H4,45,46,49)(H4,47,48,50). The third kappa shape index (κ3) is 18.3. The minimum absolute atomic E-state index is 0.170. The van der Waals surface area contributed by atoms with Crippen molar-refractivity contribution in [3.8, 4) is 0 Å². The maximum absolute atomic E-state index is 14.2.